The maximum Gasteiger partial charge on any atom is 0.340 e. The van der Waals surface area contributed by atoms with Crippen LogP contribution in [0.2, 0.25) is 0 Å². The van der Waals surface area contributed by atoms with Gasteiger partial charge in [-0.15, -0.1) is 0 Å². The van der Waals surface area contributed by atoms with Crippen molar-refractivity contribution < 1.29 is 9.53 Å². The Hall–Kier alpha value is -2.81. The highest BCUT2D eigenvalue weighted by atomic mass is 16.5. The van der Waals surface area contributed by atoms with Crippen LogP contribution in [-0.4, -0.2) is 17.6 Å². The molecular weight excluding hydrogens is 310 g/mol. The zero-order valence-electron chi connectivity index (χ0n) is 14.3. The van der Waals surface area contributed by atoms with E-state index in [1.165, 1.54) is 18.4 Å². The van der Waals surface area contributed by atoms with Gasteiger partial charge < -0.3 is 9.72 Å². The Morgan fingerprint density at radius 1 is 1.04 bits per heavy atom. The molecule has 0 amide bonds. The van der Waals surface area contributed by atoms with E-state index in [1.54, 1.807) is 0 Å². The Bertz CT molecular complexity index is 874. The van der Waals surface area contributed by atoms with Gasteiger partial charge in [0.15, 0.2) is 0 Å². The number of hydrogen-bond donors (Lipinski definition) is 1. The molecule has 1 aliphatic rings. The molecule has 0 bridgehead atoms. The number of carbonyl (C=O) groups excluding carboxylic acids is 1. The lowest BCUT2D eigenvalue weighted by molar-refractivity contribution is 0.0527. The molecule has 1 fully saturated rings. The maximum absolute atomic E-state index is 12.4. The largest absolute Gasteiger partial charge is 0.462 e. The van der Waals surface area contributed by atoms with E-state index >= 15 is 0 Å². The minimum Gasteiger partial charge on any atom is -0.462 e. The molecule has 2 aromatic carbocycles. The standard InChI is InChI=1S/C22H21NO2/c1-2-25-22(24)19-14-20(23-21(19)18-6-4-3-5-7-18)17-12-10-16(11-13-17)15-8-9-15/h3-7,10-15,23H,2,8-9H2,1H3. The summed E-state index contributed by atoms with van der Waals surface area (Å²) in [5, 5.41) is 0. The van der Waals surface area contributed by atoms with E-state index in [4.69, 9.17) is 4.74 Å². The summed E-state index contributed by atoms with van der Waals surface area (Å²) in [6.45, 7) is 2.19. The summed E-state index contributed by atoms with van der Waals surface area (Å²) in [7, 11) is 0. The predicted molar refractivity (Wildman–Crippen MR) is 99.6 cm³/mol. The van der Waals surface area contributed by atoms with Crippen LogP contribution in [0.3, 0.4) is 0 Å². The molecule has 0 atom stereocenters. The topological polar surface area (TPSA) is 42.1 Å². The quantitative estimate of drug-likeness (QED) is 0.636. The fourth-order valence-electron chi connectivity index (χ4n) is 3.16. The molecule has 25 heavy (non-hydrogen) atoms. The van der Waals surface area contributed by atoms with Gasteiger partial charge in [-0.2, -0.15) is 0 Å². The first-order valence-electron chi connectivity index (χ1n) is 8.82. The number of hydrogen-bond acceptors (Lipinski definition) is 2. The molecule has 0 aliphatic heterocycles. The highest BCUT2D eigenvalue weighted by Gasteiger charge is 2.23. The van der Waals surface area contributed by atoms with Crippen LogP contribution in [0, 0.1) is 0 Å². The van der Waals surface area contributed by atoms with E-state index in [1.807, 2.05) is 43.3 Å². The van der Waals surface area contributed by atoms with Gasteiger partial charge in [0.2, 0.25) is 0 Å². The molecule has 3 nitrogen and oxygen atoms in total. The number of benzene rings is 2. The van der Waals surface area contributed by atoms with Crippen LogP contribution in [0.5, 0.6) is 0 Å². The lowest BCUT2D eigenvalue weighted by Gasteiger charge is -2.04. The highest BCUT2D eigenvalue weighted by Crippen LogP contribution is 2.40. The number of esters is 1. The lowest BCUT2D eigenvalue weighted by atomic mass is 10.1. The summed E-state index contributed by atoms with van der Waals surface area (Å²) in [5.41, 5.74) is 5.78. The SMILES string of the molecule is CCOC(=O)c1cc(-c2ccc(C3CC3)cc2)[nH]c1-c1ccccc1. The van der Waals surface area contributed by atoms with Gasteiger partial charge in [-0.3, -0.25) is 0 Å². The van der Waals surface area contributed by atoms with Crippen molar-refractivity contribution in [2.75, 3.05) is 6.61 Å². The second-order valence-electron chi connectivity index (χ2n) is 6.45. The van der Waals surface area contributed by atoms with Crippen LogP contribution in [0.1, 0.15) is 41.6 Å². The minimum absolute atomic E-state index is 0.293. The van der Waals surface area contributed by atoms with Crippen LogP contribution in [0.15, 0.2) is 60.7 Å². The Balaban J connectivity index is 1.74. The number of aromatic amines is 1. The number of nitrogens with one attached hydrogen (secondary N) is 1. The van der Waals surface area contributed by atoms with Gasteiger partial charge in [-0.1, -0.05) is 54.6 Å². The lowest BCUT2D eigenvalue weighted by Crippen LogP contribution is -2.04. The van der Waals surface area contributed by atoms with Crippen LogP contribution in [0.4, 0.5) is 0 Å². The third-order valence-electron chi connectivity index (χ3n) is 4.65. The van der Waals surface area contributed by atoms with E-state index < -0.39 is 0 Å². The fraction of sp³-hybridized carbons (Fsp3) is 0.227. The minimum atomic E-state index is -0.293. The predicted octanol–water partition coefficient (Wildman–Crippen LogP) is 5.40. The van der Waals surface area contributed by atoms with Gasteiger partial charge in [0.05, 0.1) is 17.9 Å². The van der Waals surface area contributed by atoms with E-state index in [2.05, 4.69) is 29.2 Å². The average molecular weight is 331 g/mol. The zero-order chi connectivity index (χ0) is 17.2. The van der Waals surface area contributed by atoms with Gasteiger partial charge >= 0.3 is 5.97 Å². The van der Waals surface area contributed by atoms with Crippen LogP contribution < -0.4 is 0 Å². The molecular formula is C22H21NO2. The smallest absolute Gasteiger partial charge is 0.340 e. The summed E-state index contributed by atoms with van der Waals surface area (Å²) in [4.78, 5) is 15.8. The van der Waals surface area contributed by atoms with Crippen molar-refractivity contribution in [1.82, 2.24) is 4.98 Å². The molecule has 1 aliphatic carbocycles. The summed E-state index contributed by atoms with van der Waals surface area (Å²) < 4.78 is 5.24. The molecule has 0 spiro atoms. The second-order valence-corrected chi connectivity index (χ2v) is 6.45. The van der Waals surface area contributed by atoms with Crippen molar-refractivity contribution in [3.05, 3.63) is 71.8 Å². The van der Waals surface area contributed by atoms with Gasteiger partial charge in [-0.25, -0.2) is 4.79 Å². The molecule has 0 radical (unpaired) electrons. The molecule has 3 aromatic rings. The van der Waals surface area contributed by atoms with Gasteiger partial charge in [0, 0.05) is 5.69 Å². The molecule has 1 aromatic heterocycles. The Morgan fingerprint density at radius 3 is 2.40 bits per heavy atom. The van der Waals surface area contributed by atoms with Crippen LogP contribution in [-0.2, 0) is 4.74 Å². The van der Waals surface area contributed by atoms with Crippen molar-refractivity contribution in [2.45, 2.75) is 25.7 Å². The van der Waals surface area contributed by atoms with Crippen molar-refractivity contribution >= 4 is 5.97 Å². The first kappa shape index (κ1) is 15.7. The number of rotatable bonds is 5. The monoisotopic (exact) mass is 331 g/mol. The molecule has 0 saturated heterocycles. The van der Waals surface area contributed by atoms with Gasteiger partial charge in [0.25, 0.3) is 0 Å². The molecule has 4 rings (SSSR count). The van der Waals surface area contributed by atoms with Crippen LogP contribution in [0.25, 0.3) is 22.5 Å². The molecule has 1 heterocycles. The first-order valence-corrected chi connectivity index (χ1v) is 8.82. The molecule has 126 valence electrons. The van der Waals surface area contributed by atoms with Gasteiger partial charge in [-0.05, 0) is 48.4 Å². The number of ether oxygens (including phenoxy) is 1. The normalized spacial score (nSPS) is 13.6. The van der Waals surface area contributed by atoms with Crippen molar-refractivity contribution in [2.24, 2.45) is 0 Å². The summed E-state index contributed by atoms with van der Waals surface area (Å²) in [6.07, 6.45) is 2.60. The van der Waals surface area contributed by atoms with Crippen molar-refractivity contribution in [3.63, 3.8) is 0 Å². The molecule has 1 N–H and O–H groups in total. The zero-order valence-corrected chi connectivity index (χ0v) is 14.3. The van der Waals surface area contributed by atoms with Crippen molar-refractivity contribution in [3.8, 4) is 22.5 Å². The average Bonchev–Trinajstić information content (AvgIpc) is 3.41. The van der Waals surface area contributed by atoms with Crippen LogP contribution >= 0.6 is 0 Å². The number of carbonyl (C=O) groups is 1. The van der Waals surface area contributed by atoms with E-state index in [-0.39, 0.29) is 5.97 Å². The first-order chi connectivity index (χ1) is 12.3. The van der Waals surface area contributed by atoms with E-state index in [0.29, 0.717) is 12.2 Å². The Morgan fingerprint density at radius 2 is 1.76 bits per heavy atom. The van der Waals surface area contributed by atoms with E-state index in [9.17, 15) is 4.79 Å². The Labute approximate surface area is 147 Å². The summed E-state index contributed by atoms with van der Waals surface area (Å²) in [6, 6.07) is 20.4. The summed E-state index contributed by atoms with van der Waals surface area (Å²) >= 11 is 0. The summed E-state index contributed by atoms with van der Waals surface area (Å²) in [5.74, 6) is 0.450. The molecule has 3 heteroatoms. The third kappa shape index (κ3) is 3.22. The fourth-order valence-corrected chi connectivity index (χ4v) is 3.16. The van der Waals surface area contributed by atoms with Crippen molar-refractivity contribution in [1.29, 1.82) is 0 Å². The number of aromatic nitrogens is 1. The number of H-pyrrole nitrogens is 1. The third-order valence-corrected chi connectivity index (χ3v) is 4.65. The van der Waals surface area contributed by atoms with E-state index in [0.717, 1.165) is 28.4 Å². The second kappa shape index (κ2) is 6.60. The maximum atomic E-state index is 12.4. The highest BCUT2D eigenvalue weighted by molar-refractivity contribution is 5.98. The molecule has 1 saturated carbocycles. The van der Waals surface area contributed by atoms with Gasteiger partial charge in [0.1, 0.15) is 0 Å². The Kier molecular flexibility index (Phi) is 4.14. The molecule has 0 unspecified atom stereocenters.